The average molecular weight is 218 g/mol. The molecular formula is C9H12ClNO3. The minimum Gasteiger partial charge on any atom is -0.494 e. The molecule has 0 amide bonds. The first-order valence-electron chi connectivity index (χ1n) is 3.78. The predicted octanol–water partition coefficient (Wildman–Crippen LogP) is 1.33. The van der Waals surface area contributed by atoms with Crippen LogP contribution >= 0.6 is 12.4 Å². The summed E-state index contributed by atoms with van der Waals surface area (Å²) < 4.78 is 4.99. The topological polar surface area (TPSA) is 72.5 Å². The summed E-state index contributed by atoms with van der Waals surface area (Å²) in [7, 11) is 1.47. The van der Waals surface area contributed by atoms with E-state index in [0.717, 1.165) is 0 Å². The van der Waals surface area contributed by atoms with E-state index in [9.17, 15) is 4.79 Å². The number of aliphatic carboxylic acids is 1. The number of benzene rings is 1. The predicted molar refractivity (Wildman–Crippen MR) is 56.0 cm³/mol. The molecule has 0 radical (unpaired) electrons. The molecule has 0 spiro atoms. The van der Waals surface area contributed by atoms with E-state index in [4.69, 9.17) is 15.6 Å². The van der Waals surface area contributed by atoms with Gasteiger partial charge in [-0.15, -0.1) is 12.4 Å². The normalized spacial score (nSPS) is 8.93. The molecule has 5 heteroatoms. The van der Waals surface area contributed by atoms with Gasteiger partial charge in [-0.25, -0.2) is 0 Å². The zero-order chi connectivity index (χ0) is 9.84. The number of rotatable bonds is 3. The van der Waals surface area contributed by atoms with Crippen LogP contribution in [0, 0.1) is 0 Å². The quantitative estimate of drug-likeness (QED) is 0.750. The van der Waals surface area contributed by atoms with Crippen LogP contribution in [-0.4, -0.2) is 18.2 Å². The molecule has 14 heavy (non-hydrogen) atoms. The van der Waals surface area contributed by atoms with Gasteiger partial charge < -0.3 is 15.6 Å². The molecule has 1 aromatic rings. The second-order valence-electron chi connectivity index (χ2n) is 2.61. The molecule has 0 saturated heterocycles. The van der Waals surface area contributed by atoms with E-state index in [1.807, 2.05) is 0 Å². The number of nitrogen functional groups attached to an aromatic ring is 1. The maximum Gasteiger partial charge on any atom is 0.307 e. The Kier molecular flexibility index (Phi) is 4.80. The van der Waals surface area contributed by atoms with Crippen LogP contribution in [0.4, 0.5) is 5.69 Å². The second-order valence-corrected chi connectivity index (χ2v) is 2.61. The summed E-state index contributed by atoms with van der Waals surface area (Å²) in [6.45, 7) is 0. The molecule has 4 nitrogen and oxygen atoms in total. The Balaban J connectivity index is 0.00000169. The number of hydrogen-bond acceptors (Lipinski definition) is 3. The van der Waals surface area contributed by atoms with Crippen LogP contribution < -0.4 is 10.5 Å². The van der Waals surface area contributed by atoms with Gasteiger partial charge in [0.2, 0.25) is 0 Å². The fourth-order valence-electron chi connectivity index (χ4n) is 1.16. The number of carboxylic acids is 1. The first-order chi connectivity index (χ1) is 6.15. The Morgan fingerprint density at radius 1 is 1.57 bits per heavy atom. The van der Waals surface area contributed by atoms with Gasteiger partial charge in [-0.3, -0.25) is 4.79 Å². The van der Waals surface area contributed by atoms with Gasteiger partial charge in [0.25, 0.3) is 0 Å². The molecule has 0 bridgehead atoms. The second kappa shape index (κ2) is 5.34. The van der Waals surface area contributed by atoms with E-state index in [1.54, 1.807) is 18.2 Å². The summed E-state index contributed by atoms with van der Waals surface area (Å²) in [6.07, 6.45) is -0.0752. The molecule has 0 fully saturated rings. The van der Waals surface area contributed by atoms with Gasteiger partial charge in [-0.1, -0.05) is 12.1 Å². The van der Waals surface area contributed by atoms with Crippen molar-refractivity contribution in [3.05, 3.63) is 23.8 Å². The lowest BCUT2D eigenvalue weighted by Gasteiger charge is -2.08. The van der Waals surface area contributed by atoms with Gasteiger partial charge in [0, 0.05) is 5.56 Å². The van der Waals surface area contributed by atoms with Crippen molar-refractivity contribution in [3.8, 4) is 5.75 Å². The van der Waals surface area contributed by atoms with Crippen molar-refractivity contribution < 1.29 is 14.6 Å². The van der Waals surface area contributed by atoms with E-state index in [1.165, 1.54) is 7.11 Å². The molecule has 0 aliphatic heterocycles. The SMILES string of the molecule is COc1c(N)cccc1CC(=O)O.Cl. The maximum atomic E-state index is 10.5. The number of hydrogen-bond donors (Lipinski definition) is 2. The van der Waals surface area contributed by atoms with Crippen LogP contribution in [0.5, 0.6) is 5.75 Å². The van der Waals surface area contributed by atoms with Gasteiger partial charge in [0.15, 0.2) is 0 Å². The first-order valence-corrected chi connectivity index (χ1v) is 3.78. The van der Waals surface area contributed by atoms with Crippen molar-refractivity contribution in [1.29, 1.82) is 0 Å². The Labute approximate surface area is 88.1 Å². The summed E-state index contributed by atoms with van der Waals surface area (Å²) in [4.78, 5) is 10.5. The van der Waals surface area contributed by atoms with Crippen LogP contribution in [0.15, 0.2) is 18.2 Å². The molecule has 0 heterocycles. The monoisotopic (exact) mass is 217 g/mol. The molecule has 78 valence electrons. The smallest absolute Gasteiger partial charge is 0.307 e. The number of halogens is 1. The standard InChI is InChI=1S/C9H11NO3.ClH/c1-13-9-6(5-8(11)12)3-2-4-7(9)10;/h2-4H,5,10H2,1H3,(H,11,12);1H. The molecule has 0 aliphatic rings. The molecule has 1 aromatic carbocycles. The minimum atomic E-state index is -0.899. The minimum absolute atomic E-state index is 0. The fraction of sp³-hybridized carbons (Fsp3) is 0.222. The Morgan fingerprint density at radius 3 is 2.71 bits per heavy atom. The largest absolute Gasteiger partial charge is 0.494 e. The van der Waals surface area contributed by atoms with Gasteiger partial charge in [-0.05, 0) is 6.07 Å². The van der Waals surface area contributed by atoms with Crippen LogP contribution in [0.2, 0.25) is 0 Å². The highest BCUT2D eigenvalue weighted by Crippen LogP contribution is 2.25. The van der Waals surface area contributed by atoms with E-state index < -0.39 is 5.97 Å². The highest BCUT2D eigenvalue weighted by molar-refractivity contribution is 5.85. The number of carboxylic acid groups (broad SMARTS) is 1. The zero-order valence-corrected chi connectivity index (χ0v) is 8.50. The van der Waals surface area contributed by atoms with Crippen molar-refractivity contribution in [2.45, 2.75) is 6.42 Å². The van der Waals surface area contributed by atoms with Gasteiger partial charge in [-0.2, -0.15) is 0 Å². The summed E-state index contributed by atoms with van der Waals surface area (Å²) in [5.74, 6) is -0.450. The van der Waals surface area contributed by atoms with Crippen LogP contribution in [0.25, 0.3) is 0 Å². The van der Waals surface area contributed by atoms with Crippen molar-refractivity contribution in [1.82, 2.24) is 0 Å². The van der Waals surface area contributed by atoms with E-state index in [-0.39, 0.29) is 18.8 Å². The Morgan fingerprint density at radius 2 is 2.21 bits per heavy atom. The van der Waals surface area contributed by atoms with Crippen LogP contribution in [-0.2, 0) is 11.2 Å². The van der Waals surface area contributed by atoms with Crippen LogP contribution in [0.3, 0.4) is 0 Å². The summed E-state index contributed by atoms with van der Waals surface area (Å²) in [5.41, 5.74) is 6.64. The van der Waals surface area contributed by atoms with Gasteiger partial charge in [0.1, 0.15) is 5.75 Å². The number of para-hydroxylation sites is 1. The molecule has 0 aliphatic carbocycles. The highest BCUT2D eigenvalue weighted by atomic mass is 35.5. The summed E-state index contributed by atoms with van der Waals surface area (Å²) in [6, 6.07) is 5.06. The van der Waals surface area contributed by atoms with Crippen LogP contribution in [0.1, 0.15) is 5.56 Å². The van der Waals surface area contributed by atoms with Gasteiger partial charge in [0.05, 0.1) is 19.2 Å². The third kappa shape index (κ3) is 2.81. The number of methoxy groups -OCH3 is 1. The van der Waals surface area contributed by atoms with Crippen molar-refractivity contribution >= 4 is 24.1 Å². The Hall–Kier alpha value is -1.42. The lowest BCUT2D eigenvalue weighted by Crippen LogP contribution is -2.03. The Bertz CT molecular complexity index is 328. The third-order valence-electron chi connectivity index (χ3n) is 1.67. The lowest BCUT2D eigenvalue weighted by molar-refractivity contribution is -0.136. The molecule has 0 unspecified atom stereocenters. The number of anilines is 1. The van der Waals surface area contributed by atoms with Crippen molar-refractivity contribution in [2.75, 3.05) is 12.8 Å². The molecule has 1 rings (SSSR count). The fourth-order valence-corrected chi connectivity index (χ4v) is 1.16. The van der Waals surface area contributed by atoms with E-state index >= 15 is 0 Å². The molecular weight excluding hydrogens is 206 g/mol. The van der Waals surface area contributed by atoms with Gasteiger partial charge >= 0.3 is 5.97 Å². The van der Waals surface area contributed by atoms with E-state index in [2.05, 4.69) is 0 Å². The highest BCUT2D eigenvalue weighted by Gasteiger charge is 2.09. The molecule has 0 atom stereocenters. The maximum absolute atomic E-state index is 10.5. The molecule has 0 aromatic heterocycles. The third-order valence-corrected chi connectivity index (χ3v) is 1.67. The first kappa shape index (κ1) is 12.6. The van der Waals surface area contributed by atoms with Crippen molar-refractivity contribution in [2.24, 2.45) is 0 Å². The average Bonchev–Trinajstić information content (AvgIpc) is 2.03. The number of nitrogens with two attached hydrogens (primary N) is 1. The molecule has 3 N–H and O–H groups in total. The van der Waals surface area contributed by atoms with E-state index in [0.29, 0.717) is 17.0 Å². The number of ether oxygens (including phenoxy) is 1. The van der Waals surface area contributed by atoms with Crippen molar-refractivity contribution in [3.63, 3.8) is 0 Å². The zero-order valence-electron chi connectivity index (χ0n) is 7.69. The summed E-state index contributed by atoms with van der Waals surface area (Å²) >= 11 is 0. The number of carbonyl (C=O) groups is 1. The molecule has 0 saturated carbocycles. The lowest BCUT2D eigenvalue weighted by atomic mass is 10.1. The summed E-state index contributed by atoms with van der Waals surface area (Å²) in [5, 5.41) is 8.58.